The van der Waals surface area contributed by atoms with Crippen LogP contribution in [0.4, 0.5) is 5.69 Å². The number of fused-ring (bicyclic) bond motifs is 1. The molecule has 5 nitrogen and oxygen atoms in total. The van der Waals surface area contributed by atoms with Gasteiger partial charge in [-0.2, -0.15) is 0 Å². The highest BCUT2D eigenvalue weighted by molar-refractivity contribution is 7.80. The number of benzene rings is 3. The summed E-state index contributed by atoms with van der Waals surface area (Å²) >= 11 is 5.25. The molecule has 0 aliphatic rings. The van der Waals surface area contributed by atoms with Gasteiger partial charge in [0, 0.05) is 17.3 Å². The molecule has 4 aromatic rings. The van der Waals surface area contributed by atoms with Crippen LogP contribution in [0.1, 0.15) is 16.7 Å². The number of thiocarbonyl (C=S) groups is 1. The molecule has 0 unspecified atom stereocenters. The van der Waals surface area contributed by atoms with Gasteiger partial charge in [0.15, 0.2) is 10.7 Å². The Kier molecular flexibility index (Phi) is 5.91. The molecule has 0 saturated heterocycles. The molecule has 0 fully saturated rings. The third-order valence-corrected chi connectivity index (χ3v) is 5.07. The highest BCUT2D eigenvalue weighted by Crippen LogP contribution is 2.27. The lowest BCUT2D eigenvalue weighted by molar-refractivity contribution is -0.115. The molecule has 1 aromatic heterocycles. The Hall–Kier alpha value is -3.77. The van der Waals surface area contributed by atoms with Gasteiger partial charge in [-0.25, -0.2) is 4.98 Å². The van der Waals surface area contributed by atoms with Crippen LogP contribution in [0.15, 0.2) is 77.2 Å². The van der Waals surface area contributed by atoms with E-state index in [0.717, 1.165) is 11.1 Å². The van der Waals surface area contributed by atoms with Gasteiger partial charge in [-0.3, -0.25) is 10.1 Å². The van der Waals surface area contributed by atoms with Crippen molar-refractivity contribution in [1.29, 1.82) is 0 Å². The smallest absolute Gasteiger partial charge is 0.250 e. The highest BCUT2D eigenvalue weighted by Gasteiger charge is 2.10. The van der Waals surface area contributed by atoms with E-state index in [-0.39, 0.29) is 11.0 Å². The lowest BCUT2D eigenvalue weighted by atomic mass is 10.1. The van der Waals surface area contributed by atoms with Crippen LogP contribution in [0.25, 0.3) is 28.6 Å². The minimum atomic E-state index is -0.305. The number of anilines is 1. The lowest BCUT2D eigenvalue weighted by Gasteiger charge is -2.07. The molecular weight excluding hydrogens is 406 g/mol. The number of aromatic nitrogens is 1. The second-order valence-electron chi connectivity index (χ2n) is 7.19. The molecule has 0 spiro atoms. The molecule has 0 saturated carbocycles. The second-order valence-corrected chi connectivity index (χ2v) is 7.60. The Morgan fingerprint density at radius 2 is 1.81 bits per heavy atom. The fourth-order valence-electron chi connectivity index (χ4n) is 3.06. The van der Waals surface area contributed by atoms with E-state index in [2.05, 4.69) is 41.6 Å². The van der Waals surface area contributed by atoms with Gasteiger partial charge in [0.1, 0.15) is 5.52 Å². The van der Waals surface area contributed by atoms with Crippen molar-refractivity contribution >= 4 is 46.1 Å². The van der Waals surface area contributed by atoms with Crippen molar-refractivity contribution in [2.45, 2.75) is 13.8 Å². The number of nitrogens with zero attached hydrogens (tertiary/aromatic N) is 1. The number of nitrogens with one attached hydrogen (secondary N) is 2. The summed E-state index contributed by atoms with van der Waals surface area (Å²) in [4.78, 5) is 16.7. The standard InChI is InChI=1S/C25H21N3O2S/c1-16-8-10-19(14-17(16)2)24-27-21-15-20(11-12-22(21)30-24)26-25(31)28-23(29)13-9-18-6-4-3-5-7-18/h3-15H,1-2H3,(H2,26,28,29,31)/b13-9+. The summed E-state index contributed by atoms with van der Waals surface area (Å²) in [6.07, 6.45) is 3.17. The second kappa shape index (κ2) is 8.93. The fraction of sp³-hybridized carbons (Fsp3) is 0.0800. The van der Waals surface area contributed by atoms with Crippen LogP contribution in [0.2, 0.25) is 0 Å². The SMILES string of the molecule is Cc1ccc(-c2nc3cc(NC(=S)NC(=O)/C=C/c4ccccc4)ccc3o2)cc1C. The van der Waals surface area contributed by atoms with Crippen LogP contribution in [-0.4, -0.2) is 16.0 Å². The third kappa shape index (κ3) is 5.05. The Bertz CT molecular complexity index is 1290. The Balaban J connectivity index is 1.43. The maximum absolute atomic E-state index is 12.1. The Labute approximate surface area is 185 Å². The molecule has 0 radical (unpaired) electrons. The summed E-state index contributed by atoms with van der Waals surface area (Å²) in [7, 11) is 0. The van der Waals surface area contributed by atoms with Crippen molar-refractivity contribution in [3.05, 3.63) is 89.5 Å². The van der Waals surface area contributed by atoms with E-state index < -0.39 is 0 Å². The van der Waals surface area contributed by atoms with Gasteiger partial charge in [-0.15, -0.1) is 0 Å². The number of hydrogen-bond donors (Lipinski definition) is 2. The number of oxazole rings is 1. The van der Waals surface area contributed by atoms with Crippen molar-refractivity contribution in [3.63, 3.8) is 0 Å². The molecule has 1 heterocycles. The van der Waals surface area contributed by atoms with E-state index in [1.165, 1.54) is 17.2 Å². The van der Waals surface area contributed by atoms with E-state index in [0.29, 0.717) is 22.7 Å². The van der Waals surface area contributed by atoms with Crippen molar-refractivity contribution in [1.82, 2.24) is 10.3 Å². The van der Waals surface area contributed by atoms with Gasteiger partial charge in [-0.1, -0.05) is 36.4 Å². The maximum atomic E-state index is 12.1. The molecule has 154 valence electrons. The average Bonchev–Trinajstić information content (AvgIpc) is 3.18. The molecule has 1 amide bonds. The average molecular weight is 428 g/mol. The summed E-state index contributed by atoms with van der Waals surface area (Å²) in [5.74, 6) is 0.262. The molecule has 6 heteroatoms. The lowest BCUT2D eigenvalue weighted by Crippen LogP contribution is -2.32. The molecular formula is C25H21N3O2S. The number of hydrogen-bond acceptors (Lipinski definition) is 4. The van der Waals surface area contributed by atoms with Gasteiger partial charge >= 0.3 is 0 Å². The first kappa shape index (κ1) is 20.5. The van der Waals surface area contributed by atoms with Crippen molar-refractivity contribution in [2.75, 3.05) is 5.32 Å². The minimum Gasteiger partial charge on any atom is -0.436 e. The zero-order valence-electron chi connectivity index (χ0n) is 17.2. The number of carbonyl (C=O) groups excluding carboxylic acids is 1. The Morgan fingerprint density at radius 3 is 2.58 bits per heavy atom. The first-order chi connectivity index (χ1) is 15.0. The van der Waals surface area contributed by atoms with Crippen LogP contribution in [-0.2, 0) is 4.79 Å². The van der Waals surface area contributed by atoms with Crippen LogP contribution < -0.4 is 10.6 Å². The predicted octanol–water partition coefficient (Wildman–Crippen LogP) is 5.64. The zero-order valence-corrected chi connectivity index (χ0v) is 18.0. The quantitative estimate of drug-likeness (QED) is 0.326. The van der Waals surface area contributed by atoms with Gasteiger partial charge < -0.3 is 9.73 Å². The van der Waals surface area contributed by atoms with E-state index in [4.69, 9.17) is 16.6 Å². The molecule has 0 atom stereocenters. The van der Waals surface area contributed by atoms with Gasteiger partial charge in [-0.05, 0) is 79.2 Å². The monoisotopic (exact) mass is 427 g/mol. The molecule has 0 aliphatic carbocycles. The van der Waals surface area contributed by atoms with Crippen LogP contribution in [0.5, 0.6) is 0 Å². The number of carbonyl (C=O) groups is 1. The largest absolute Gasteiger partial charge is 0.436 e. The van der Waals surface area contributed by atoms with Gasteiger partial charge in [0.05, 0.1) is 0 Å². The normalized spacial score (nSPS) is 11.0. The van der Waals surface area contributed by atoms with Gasteiger partial charge in [0.25, 0.3) is 0 Å². The first-order valence-electron chi connectivity index (χ1n) is 9.81. The number of amides is 1. The third-order valence-electron chi connectivity index (χ3n) is 4.86. The number of aryl methyl sites for hydroxylation is 2. The highest BCUT2D eigenvalue weighted by atomic mass is 32.1. The Morgan fingerprint density at radius 1 is 1.00 bits per heavy atom. The maximum Gasteiger partial charge on any atom is 0.250 e. The molecule has 0 bridgehead atoms. The van der Waals surface area contributed by atoms with Crippen molar-refractivity contribution < 1.29 is 9.21 Å². The molecule has 2 N–H and O–H groups in total. The summed E-state index contributed by atoms with van der Waals surface area (Å²) in [5.41, 5.74) is 6.38. The van der Waals surface area contributed by atoms with Crippen molar-refractivity contribution in [3.8, 4) is 11.5 Å². The summed E-state index contributed by atoms with van der Waals surface area (Å²) in [6, 6.07) is 21.2. The topological polar surface area (TPSA) is 67.2 Å². The fourth-order valence-corrected chi connectivity index (χ4v) is 3.27. The van der Waals surface area contributed by atoms with Crippen LogP contribution in [0, 0.1) is 13.8 Å². The summed E-state index contributed by atoms with van der Waals surface area (Å²) < 4.78 is 5.90. The number of rotatable bonds is 4. The minimum absolute atomic E-state index is 0.208. The zero-order chi connectivity index (χ0) is 21.8. The van der Waals surface area contributed by atoms with E-state index in [1.54, 1.807) is 6.08 Å². The van der Waals surface area contributed by atoms with Crippen LogP contribution in [0.3, 0.4) is 0 Å². The van der Waals surface area contributed by atoms with E-state index in [9.17, 15) is 4.79 Å². The predicted molar refractivity (Wildman–Crippen MR) is 129 cm³/mol. The molecule has 0 aliphatic heterocycles. The molecule has 4 rings (SSSR count). The van der Waals surface area contributed by atoms with E-state index in [1.807, 2.05) is 54.6 Å². The molecule has 3 aromatic carbocycles. The molecule has 31 heavy (non-hydrogen) atoms. The van der Waals surface area contributed by atoms with Crippen LogP contribution >= 0.6 is 12.2 Å². The summed E-state index contributed by atoms with van der Waals surface area (Å²) in [5, 5.41) is 5.86. The van der Waals surface area contributed by atoms with E-state index >= 15 is 0 Å². The first-order valence-corrected chi connectivity index (χ1v) is 10.2. The van der Waals surface area contributed by atoms with Gasteiger partial charge in [0.2, 0.25) is 11.8 Å². The summed E-state index contributed by atoms with van der Waals surface area (Å²) in [6.45, 7) is 4.13. The van der Waals surface area contributed by atoms with Crippen molar-refractivity contribution in [2.24, 2.45) is 0 Å².